The Labute approximate surface area is 96.4 Å². The summed E-state index contributed by atoms with van der Waals surface area (Å²) in [6, 6.07) is 5.67. The summed E-state index contributed by atoms with van der Waals surface area (Å²) in [5.41, 5.74) is 7.38. The topological polar surface area (TPSA) is 43.1 Å². The van der Waals surface area contributed by atoms with Gasteiger partial charge in [0.05, 0.1) is 0 Å². The summed E-state index contributed by atoms with van der Waals surface area (Å²) in [5, 5.41) is 0. The molecule has 1 rings (SSSR count). The molecule has 76 valence electrons. The Balaban J connectivity index is 3.23. The second-order valence-electron chi connectivity index (χ2n) is 2.94. The second kappa shape index (κ2) is 4.84. The van der Waals surface area contributed by atoms with Crippen molar-refractivity contribution in [2.24, 2.45) is 0 Å². The van der Waals surface area contributed by atoms with Crippen LogP contribution in [0.1, 0.15) is 17.3 Å². The summed E-state index contributed by atoms with van der Waals surface area (Å²) in [7, 11) is 0. The SMILES string of the molecule is CSc1cccc(N)c1C(Br)C(C)=O. The van der Waals surface area contributed by atoms with E-state index in [2.05, 4.69) is 15.9 Å². The van der Waals surface area contributed by atoms with Crippen molar-refractivity contribution in [2.45, 2.75) is 16.6 Å². The van der Waals surface area contributed by atoms with E-state index in [1.54, 1.807) is 18.7 Å². The van der Waals surface area contributed by atoms with Gasteiger partial charge in [0.1, 0.15) is 10.6 Å². The molecule has 14 heavy (non-hydrogen) atoms. The number of alkyl halides is 1. The number of anilines is 1. The van der Waals surface area contributed by atoms with Crippen LogP contribution < -0.4 is 5.73 Å². The predicted octanol–water partition coefficient (Wildman–Crippen LogP) is 3.02. The third-order valence-electron chi connectivity index (χ3n) is 1.93. The maximum absolute atomic E-state index is 11.3. The minimum atomic E-state index is -0.300. The first-order chi connectivity index (χ1) is 6.57. The van der Waals surface area contributed by atoms with E-state index in [4.69, 9.17) is 5.73 Å². The van der Waals surface area contributed by atoms with Gasteiger partial charge in [0.25, 0.3) is 0 Å². The minimum absolute atomic E-state index is 0.0678. The van der Waals surface area contributed by atoms with Crippen LogP contribution in [-0.2, 0) is 4.79 Å². The molecule has 0 aliphatic carbocycles. The van der Waals surface area contributed by atoms with Crippen LogP contribution in [0.15, 0.2) is 23.1 Å². The maximum Gasteiger partial charge on any atom is 0.147 e. The summed E-state index contributed by atoms with van der Waals surface area (Å²) < 4.78 is 0. The van der Waals surface area contributed by atoms with Crippen molar-refractivity contribution in [2.75, 3.05) is 12.0 Å². The zero-order chi connectivity index (χ0) is 10.7. The number of ketones is 1. The number of rotatable bonds is 3. The van der Waals surface area contributed by atoms with E-state index in [-0.39, 0.29) is 10.6 Å². The van der Waals surface area contributed by atoms with Crippen LogP contribution in [-0.4, -0.2) is 12.0 Å². The van der Waals surface area contributed by atoms with Gasteiger partial charge < -0.3 is 5.73 Å². The lowest BCUT2D eigenvalue weighted by molar-refractivity contribution is -0.116. The van der Waals surface area contributed by atoms with Gasteiger partial charge >= 0.3 is 0 Å². The number of hydrogen-bond donors (Lipinski definition) is 1. The normalized spacial score (nSPS) is 12.5. The Morgan fingerprint density at radius 3 is 2.71 bits per heavy atom. The number of halogens is 1. The van der Waals surface area contributed by atoms with Crippen LogP contribution in [0.2, 0.25) is 0 Å². The largest absolute Gasteiger partial charge is 0.398 e. The zero-order valence-electron chi connectivity index (χ0n) is 8.08. The van der Waals surface area contributed by atoms with Crippen molar-refractivity contribution in [3.8, 4) is 0 Å². The average molecular weight is 274 g/mol. The summed E-state index contributed by atoms with van der Waals surface area (Å²) in [6.45, 7) is 1.55. The molecular weight excluding hydrogens is 262 g/mol. The quantitative estimate of drug-likeness (QED) is 0.523. The number of thioether (sulfide) groups is 1. The van der Waals surface area contributed by atoms with Crippen LogP contribution in [0, 0.1) is 0 Å². The summed E-state index contributed by atoms with van der Waals surface area (Å²) in [4.78, 5) is 12.0. The number of nitrogen functional groups attached to an aromatic ring is 1. The molecule has 0 spiro atoms. The molecule has 4 heteroatoms. The van der Waals surface area contributed by atoms with Crippen LogP contribution >= 0.6 is 27.7 Å². The molecule has 1 aromatic rings. The zero-order valence-corrected chi connectivity index (χ0v) is 10.5. The van der Waals surface area contributed by atoms with Crippen LogP contribution in [0.3, 0.4) is 0 Å². The molecule has 0 saturated carbocycles. The fraction of sp³-hybridized carbons (Fsp3) is 0.300. The molecule has 0 aliphatic rings. The van der Waals surface area contributed by atoms with Crippen molar-refractivity contribution in [3.05, 3.63) is 23.8 Å². The van der Waals surface area contributed by atoms with Gasteiger partial charge in [0.2, 0.25) is 0 Å². The van der Waals surface area contributed by atoms with Gasteiger partial charge in [0.15, 0.2) is 0 Å². The van der Waals surface area contributed by atoms with E-state index in [1.165, 1.54) is 0 Å². The van der Waals surface area contributed by atoms with Crippen molar-refractivity contribution >= 4 is 39.2 Å². The number of Topliss-reactive ketones (excluding diaryl/α,β-unsaturated/α-hetero) is 1. The van der Waals surface area contributed by atoms with Crippen molar-refractivity contribution < 1.29 is 4.79 Å². The molecule has 1 unspecified atom stereocenters. The summed E-state index contributed by atoms with van der Waals surface area (Å²) in [5.74, 6) is 0.0678. The highest BCUT2D eigenvalue weighted by Crippen LogP contribution is 2.35. The molecule has 0 amide bonds. The van der Waals surface area contributed by atoms with Crippen LogP contribution in [0.25, 0.3) is 0 Å². The van der Waals surface area contributed by atoms with Crippen molar-refractivity contribution in [1.82, 2.24) is 0 Å². The molecule has 0 fully saturated rings. The van der Waals surface area contributed by atoms with E-state index in [1.807, 2.05) is 24.5 Å². The first-order valence-electron chi connectivity index (χ1n) is 4.14. The molecule has 0 bridgehead atoms. The Morgan fingerprint density at radius 1 is 1.57 bits per heavy atom. The van der Waals surface area contributed by atoms with E-state index < -0.39 is 0 Å². The molecule has 0 aromatic heterocycles. The van der Waals surface area contributed by atoms with E-state index in [9.17, 15) is 4.79 Å². The van der Waals surface area contributed by atoms with Gasteiger partial charge in [-0.15, -0.1) is 11.8 Å². The molecule has 0 radical (unpaired) electrons. The van der Waals surface area contributed by atoms with Gasteiger partial charge in [-0.3, -0.25) is 4.79 Å². The Kier molecular flexibility index (Phi) is 4.01. The number of nitrogens with two attached hydrogens (primary N) is 1. The number of hydrogen-bond acceptors (Lipinski definition) is 3. The fourth-order valence-electron chi connectivity index (χ4n) is 1.21. The molecule has 1 atom stereocenters. The second-order valence-corrected chi connectivity index (χ2v) is 4.70. The van der Waals surface area contributed by atoms with Crippen molar-refractivity contribution in [3.63, 3.8) is 0 Å². The smallest absolute Gasteiger partial charge is 0.147 e. The lowest BCUT2D eigenvalue weighted by Gasteiger charge is -2.13. The van der Waals surface area contributed by atoms with Gasteiger partial charge in [-0.05, 0) is 25.3 Å². The highest BCUT2D eigenvalue weighted by Gasteiger charge is 2.18. The number of carbonyl (C=O) groups is 1. The standard InChI is InChI=1S/C10H12BrNOS/c1-6(13)10(11)9-7(12)4-3-5-8(9)14-2/h3-5,10H,12H2,1-2H3. The van der Waals surface area contributed by atoms with Gasteiger partial charge in [-0.1, -0.05) is 22.0 Å². The number of carbonyl (C=O) groups excluding carboxylic acids is 1. The molecule has 0 heterocycles. The Morgan fingerprint density at radius 2 is 2.21 bits per heavy atom. The Hall–Kier alpha value is -0.480. The van der Waals surface area contributed by atoms with Crippen LogP contribution in [0.5, 0.6) is 0 Å². The average Bonchev–Trinajstić information content (AvgIpc) is 2.16. The van der Waals surface area contributed by atoms with Gasteiger partial charge in [-0.2, -0.15) is 0 Å². The van der Waals surface area contributed by atoms with Crippen LogP contribution in [0.4, 0.5) is 5.69 Å². The van der Waals surface area contributed by atoms with E-state index in [0.717, 1.165) is 10.5 Å². The summed E-state index contributed by atoms with van der Waals surface area (Å²) >= 11 is 4.94. The third kappa shape index (κ3) is 2.30. The highest BCUT2D eigenvalue weighted by molar-refractivity contribution is 9.09. The minimum Gasteiger partial charge on any atom is -0.398 e. The monoisotopic (exact) mass is 273 g/mol. The lowest BCUT2D eigenvalue weighted by atomic mass is 10.1. The first kappa shape index (κ1) is 11.6. The van der Waals surface area contributed by atoms with Crippen molar-refractivity contribution in [1.29, 1.82) is 0 Å². The molecule has 2 N–H and O–H groups in total. The van der Waals surface area contributed by atoms with Gasteiger partial charge in [-0.25, -0.2) is 0 Å². The fourth-order valence-corrected chi connectivity index (χ4v) is 2.55. The Bertz CT molecular complexity index is 354. The number of benzene rings is 1. The third-order valence-corrected chi connectivity index (χ3v) is 3.83. The molecular formula is C10H12BrNOS. The molecule has 2 nitrogen and oxygen atoms in total. The van der Waals surface area contributed by atoms with Gasteiger partial charge in [0, 0.05) is 16.1 Å². The van der Waals surface area contributed by atoms with E-state index >= 15 is 0 Å². The predicted molar refractivity (Wildman–Crippen MR) is 65.0 cm³/mol. The maximum atomic E-state index is 11.3. The van der Waals surface area contributed by atoms with E-state index in [0.29, 0.717) is 5.69 Å². The molecule has 0 aliphatic heterocycles. The molecule has 0 saturated heterocycles. The first-order valence-corrected chi connectivity index (χ1v) is 6.29. The highest BCUT2D eigenvalue weighted by atomic mass is 79.9. The lowest BCUT2D eigenvalue weighted by Crippen LogP contribution is -2.06. The summed E-state index contributed by atoms with van der Waals surface area (Å²) in [6.07, 6.45) is 1.97. The molecule has 1 aromatic carbocycles.